The lowest BCUT2D eigenvalue weighted by Crippen LogP contribution is -2.52. The Hall–Kier alpha value is 0.01000. The van der Waals surface area contributed by atoms with Gasteiger partial charge < -0.3 is 0 Å². The van der Waals surface area contributed by atoms with Gasteiger partial charge in [0.05, 0.1) is 0 Å². The molecule has 1 unspecified atom stereocenters. The number of amides is 2. The number of carbonyl (C=O) groups is 2. The van der Waals surface area contributed by atoms with E-state index < -0.39 is 21.5 Å². The largest absolute Gasteiger partial charge is 0.293 e. The van der Waals surface area contributed by atoms with Gasteiger partial charge in [-0.2, -0.15) is 0 Å². The van der Waals surface area contributed by atoms with Gasteiger partial charge in [0.2, 0.25) is 5.91 Å². The van der Waals surface area contributed by atoms with Crippen LogP contribution < -0.4 is 5.32 Å². The smallest absolute Gasteiger partial charge is 0.263 e. The maximum atomic E-state index is 10.8. The van der Waals surface area contributed by atoms with Crippen LogP contribution in [0.3, 0.4) is 0 Å². The van der Waals surface area contributed by atoms with Crippen molar-refractivity contribution < 1.29 is 9.59 Å². The molecule has 1 fully saturated rings. The maximum Gasteiger partial charge on any atom is 0.263 e. The third-order valence-electron chi connectivity index (χ3n) is 1.29. The Bertz CT molecular complexity index is 216. The number of rotatable bonds is 0. The normalized spacial score (nSPS) is 29.9. The maximum absolute atomic E-state index is 10.8. The monoisotopic (exact) mass is 215 g/mol. The molecule has 6 heteroatoms. The molecule has 3 nitrogen and oxygen atoms in total. The number of imide groups is 1. The van der Waals surface area contributed by atoms with Crippen molar-refractivity contribution in [1.82, 2.24) is 5.32 Å². The molecule has 1 aliphatic rings. The highest BCUT2D eigenvalue weighted by Gasteiger charge is 2.43. The van der Waals surface area contributed by atoms with E-state index in [4.69, 9.17) is 34.8 Å². The number of hydrogen-bond donors (Lipinski definition) is 1. The molecule has 0 aromatic rings. The van der Waals surface area contributed by atoms with Gasteiger partial charge in [-0.15, -0.1) is 11.6 Å². The van der Waals surface area contributed by atoms with Crippen LogP contribution in [-0.4, -0.2) is 21.5 Å². The lowest BCUT2D eigenvalue weighted by atomic mass is 10.1. The SMILES string of the molecule is O=C1NC(=O)C(Cl)(Cl)CC1Cl. The zero-order chi connectivity index (χ0) is 8.65. The molecule has 0 spiro atoms. The van der Waals surface area contributed by atoms with Crippen LogP contribution in [0.15, 0.2) is 0 Å². The molecule has 0 bridgehead atoms. The number of hydrogen-bond acceptors (Lipinski definition) is 2. The first-order valence-corrected chi connectivity index (χ1v) is 4.00. The number of piperidine rings is 1. The van der Waals surface area contributed by atoms with Crippen molar-refractivity contribution in [1.29, 1.82) is 0 Å². The molecule has 2 amide bonds. The fraction of sp³-hybridized carbons (Fsp3) is 0.600. The lowest BCUT2D eigenvalue weighted by molar-refractivity contribution is -0.133. The van der Waals surface area contributed by atoms with Crippen molar-refractivity contribution in [3.05, 3.63) is 0 Å². The summed E-state index contributed by atoms with van der Waals surface area (Å²) in [5, 5.41) is 1.11. The van der Waals surface area contributed by atoms with Crippen LogP contribution in [0, 0.1) is 0 Å². The highest BCUT2D eigenvalue weighted by molar-refractivity contribution is 6.60. The summed E-state index contributed by atoms with van der Waals surface area (Å²) < 4.78 is -1.57. The summed E-state index contributed by atoms with van der Waals surface area (Å²) in [4.78, 5) is 21.5. The highest BCUT2D eigenvalue weighted by Crippen LogP contribution is 2.31. The Labute approximate surface area is 78.0 Å². The highest BCUT2D eigenvalue weighted by atomic mass is 35.5. The Balaban J connectivity index is 2.79. The van der Waals surface area contributed by atoms with Gasteiger partial charge in [-0.3, -0.25) is 14.9 Å². The molecule has 0 radical (unpaired) electrons. The van der Waals surface area contributed by atoms with Crippen LogP contribution in [0.4, 0.5) is 0 Å². The lowest BCUT2D eigenvalue weighted by Gasteiger charge is -2.25. The van der Waals surface area contributed by atoms with Gasteiger partial charge in [0.1, 0.15) is 5.38 Å². The summed E-state index contributed by atoms with van der Waals surface area (Å²) in [7, 11) is 0. The zero-order valence-electron chi connectivity index (χ0n) is 5.23. The fourth-order valence-electron chi connectivity index (χ4n) is 0.692. The van der Waals surface area contributed by atoms with Crippen molar-refractivity contribution in [2.24, 2.45) is 0 Å². The summed E-state index contributed by atoms with van der Waals surface area (Å²) in [6, 6.07) is 0. The van der Waals surface area contributed by atoms with Crippen LogP contribution in [0.5, 0.6) is 0 Å². The zero-order valence-corrected chi connectivity index (χ0v) is 7.50. The minimum absolute atomic E-state index is 0.0532. The topological polar surface area (TPSA) is 46.2 Å². The Morgan fingerprint density at radius 1 is 1.45 bits per heavy atom. The van der Waals surface area contributed by atoms with Crippen molar-refractivity contribution in [2.45, 2.75) is 16.1 Å². The summed E-state index contributed by atoms with van der Waals surface area (Å²) in [6.07, 6.45) is -0.0532. The molecule has 62 valence electrons. The van der Waals surface area contributed by atoms with Gasteiger partial charge >= 0.3 is 0 Å². The predicted molar refractivity (Wildman–Crippen MR) is 41.8 cm³/mol. The molecule has 1 N–H and O–H groups in total. The predicted octanol–water partition coefficient (Wildman–Crippen LogP) is 0.814. The van der Waals surface area contributed by atoms with E-state index in [-0.39, 0.29) is 6.42 Å². The average molecular weight is 216 g/mol. The molecule has 1 rings (SSSR count). The van der Waals surface area contributed by atoms with Gasteiger partial charge in [-0.1, -0.05) is 23.2 Å². The Kier molecular flexibility index (Phi) is 2.32. The third-order valence-corrected chi connectivity index (χ3v) is 2.29. The van der Waals surface area contributed by atoms with Crippen LogP contribution >= 0.6 is 34.8 Å². The van der Waals surface area contributed by atoms with Crippen molar-refractivity contribution in [2.75, 3.05) is 0 Å². The first-order chi connectivity index (χ1) is 4.93. The molecular formula is C5H4Cl3NO2. The summed E-state index contributed by atoms with van der Waals surface area (Å²) >= 11 is 16.5. The second-order valence-electron chi connectivity index (χ2n) is 2.19. The summed E-state index contributed by atoms with van der Waals surface area (Å²) in [5.41, 5.74) is 0. The van der Waals surface area contributed by atoms with E-state index in [1.165, 1.54) is 0 Å². The first kappa shape index (κ1) is 9.10. The van der Waals surface area contributed by atoms with Gasteiger partial charge in [-0.05, 0) is 0 Å². The van der Waals surface area contributed by atoms with E-state index in [0.29, 0.717) is 0 Å². The molecule has 11 heavy (non-hydrogen) atoms. The molecule has 1 aliphatic heterocycles. The molecular weight excluding hydrogens is 212 g/mol. The molecule has 0 aromatic heterocycles. The molecule has 0 saturated carbocycles. The summed E-state index contributed by atoms with van der Waals surface area (Å²) in [6.45, 7) is 0. The molecule has 1 atom stereocenters. The standard InChI is InChI=1S/C5H4Cl3NO2/c6-2-1-5(7,8)4(11)9-3(2)10/h2H,1H2,(H,9,10,11). The van der Waals surface area contributed by atoms with Crippen LogP contribution in [0.25, 0.3) is 0 Å². The minimum atomic E-state index is -1.57. The average Bonchev–Trinajstić information content (AvgIpc) is 1.83. The third kappa shape index (κ3) is 1.78. The molecule has 0 aromatic carbocycles. The van der Waals surface area contributed by atoms with Crippen LogP contribution in [-0.2, 0) is 9.59 Å². The van der Waals surface area contributed by atoms with Crippen molar-refractivity contribution in [3.63, 3.8) is 0 Å². The molecule has 0 aliphatic carbocycles. The van der Waals surface area contributed by atoms with Crippen molar-refractivity contribution in [3.8, 4) is 0 Å². The van der Waals surface area contributed by atoms with Gasteiger partial charge in [-0.25, -0.2) is 0 Å². The number of alkyl halides is 3. The second kappa shape index (κ2) is 2.81. The van der Waals surface area contributed by atoms with Crippen LogP contribution in [0.2, 0.25) is 0 Å². The molecule has 1 heterocycles. The van der Waals surface area contributed by atoms with Gasteiger partial charge in [0.25, 0.3) is 5.91 Å². The fourth-order valence-corrected chi connectivity index (χ4v) is 1.54. The van der Waals surface area contributed by atoms with Gasteiger partial charge in [0, 0.05) is 6.42 Å². The number of halogens is 3. The second-order valence-corrected chi connectivity index (χ2v) is 4.21. The minimum Gasteiger partial charge on any atom is -0.293 e. The number of carbonyl (C=O) groups excluding carboxylic acids is 2. The quantitative estimate of drug-likeness (QED) is 0.481. The molecule has 1 saturated heterocycles. The summed E-state index contributed by atoms with van der Waals surface area (Å²) in [5.74, 6) is -1.25. The van der Waals surface area contributed by atoms with E-state index in [0.717, 1.165) is 0 Å². The van der Waals surface area contributed by atoms with E-state index in [9.17, 15) is 9.59 Å². The van der Waals surface area contributed by atoms with Crippen LogP contribution in [0.1, 0.15) is 6.42 Å². The van der Waals surface area contributed by atoms with Crippen molar-refractivity contribution >= 4 is 46.6 Å². The number of nitrogens with one attached hydrogen (secondary N) is 1. The van der Waals surface area contributed by atoms with E-state index in [1.54, 1.807) is 0 Å². The van der Waals surface area contributed by atoms with E-state index >= 15 is 0 Å². The van der Waals surface area contributed by atoms with E-state index in [1.807, 2.05) is 5.32 Å². The Morgan fingerprint density at radius 2 is 2.00 bits per heavy atom. The first-order valence-electron chi connectivity index (χ1n) is 2.80. The van der Waals surface area contributed by atoms with E-state index in [2.05, 4.69) is 0 Å². The van der Waals surface area contributed by atoms with Gasteiger partial charge in [0.15, 0.2) is 4.33 Å². The Morgan fingerprint density at radius 3 is 2.45 bits per heavy atom.